The van der Waals surface area contributed by atoms with Crippen LogP contribution in [-0.2, 0) is 67.2 Å². The number of aliphatic carboxylic acids is 1. The SMILES string of the molecule is CC(C)C[C@H](NC(=O)[C@H](Cc1c[nH]c2ccccc12)NC(=O)[C@H](CC(C)C)NC(=O)[C@@H](N)CCCN=C(N)N)C(=O)N[C@@H](Cc1cnc[nH]1)C(=O)N[C@@H](CCCN=C(N)N)C(=O)N[C@@H](Cc1cnc[nH]1)C(=O)N[C@@H](CCCCN)C(=O)N[C@@H](CC(C)C)C(=O)N[C@H](C(=O)O)C(C)C. The van der Waals surface area contributed by atoms with Gasteiger partial charge in [0, 0.05) is 73.2 Å². The zero-order valence-electron chi connectivity index (χ0n) is 56.9. The molecule has 0 aliphatic carbocycles. The number of rotatable bonds is 44. The number of hydrogen-bond donors (Lipinski definition) is 19. The quantitative estimate of drug-likeness (QED) is 0.0135. The normalized spacial score (nSPS) is 14.5. The number of hydrogen-bond acceptors (Lipinski definition) is 16. The van der Waals surface area contributed by atoms with Crippen LogP contribution in [0.15, 0.2) is 65.5 Å². The van der Waals surface area contributed by atoms with Gasteiger partial charge in [0.1, 0.15) is 54.4 Å². The number of para-hydroxylation sites is 1. The molecule has 0 saturated carbocycles. The number of aliphatic imine (C=N–C) groups is 2. The number of amides is 9. The van der Waals surface area contributed by atoms with Crippen LogP contribution in [0.4, 0.5) is 0 Å². The summed E-state index contributed by atoms with van der Waals surface area (Å²) in [7, 11) is 0. The van der Waals surface area contributed by atoms with Crippen LogP contribution in [0.25, 0.3) is 10.9 Å². The van der Waals surface area contributed by atoms with Crippen LogP contribution < -0.4 is 82.3 Å². The summed E-state index contributed by atoms with van der Waals surface area (Å²) in [6, 6.07) is -5.68. The van der Waals surface area contributed by atoms with Gasteiger partial charge in [0.05, 0.1) is 18.7 Å². The second-order valence-corrected chi connectivity index (χ2v) is 25.9. The average Bonchev–Trinajstić information content (AvgIpc) is 1.77. The summed E-state index contributed by atoms with van der Waals surface area (Å²) in [6.45, 7) is 14.7. The van der Waals surface area contributed by atoms with Crippen molar-refractivity contribution in [3.05, 3.63) is 72.5 Å². The molecule has 0 unspecified atom stereocenters. The Morgan fingerprint density at radius 1 is 0.474 bits per heavy atom. The van der Waals surface area contributed by atoms with Gasteiger partial charge in [-0.05, 0) is 106 Å². The fraction of sp³-hybridized carbons (Fsp3) is 0.594. The van der Waals surface area contributed by atoms with Crippen molar-refractivity contribution in [2.45, 2.75) is 199 Å². The number of fused-ring (bicyclic) bond motifs is 1. The predicted molar refractivity (Wildman–Crippen MR) is 366 cm³/mol. The van der Waals surface area contributed by atoms with Crippen molar-refractivity contribution in [1.29, 1.82) is 0 Å². The van der Waals surface area contributed by atoms with Crippen LogP contribution in [0.1, 0.15) is 137 Å². The molecule has 4 rings (SSSR count). The molecule has 97 heavy (non-hydrogen) atoms. The highest BCUT2D eigenvalue weighted by Gasteiger charge is 2.37. The lowest BCUT2D eigenvalue weighted by atomic mass is 9.99. The number of guanidine groups is 2. The minimum absolute atomic E-state index is 0.000507. The van der Waals surface area contributed by atoms with Gasteiger partial charge in [-0.3, -0.25) is 53.1 Å². The molecular formula is C64H104N22O11. The first-order valence-corrected chi connectivity index (χ1v) is 33.0. The first-order valence-electron chi connectivity index (χ1n) is 33.0. The zero-order valence-corrected chi connectivity index (χ0v) is 56.9. The van der Waals surface area contributed by atoms with Crippen LogP contribution in [0.3, 0.4) is 0 Å². The van der Waals surface area contributed by atoms with Crippen LogP contribution in [-0.4, -0.2) is 181 Å². The second-order valence-electron chi connectivity index (χ2n) is 25.9. The van der Waals surface area contributed by atoms with E-state index in [9.17, 15) is 53.1 Å². The number of carbonyl (C=O) groups is 10. The largest absolute Gasteiger partial charge is 0.480 e. The number of carboxylic acids is 1. The second kappa shape index (κ2) is 40.7. The Morgan fingerprint density at radius 3 is 1.27 bits per heavy atom. The molecule has 0 bridgehead atoms. The minimum Gasteiger partial charge on any atom is -0.480 e. The maximum absolute atomic E-state index is 14.9. The summed E-state index contributed by atoms with van der Waals surface area (Å²) in [5.74, 6) is -9.63. The predicted octanol–water partition coefficient (Wildman–Crippen LogP) is -1.55. The summed E-state index contributed by atoms with van der Waals surface area (Å²) in [5.41, 5.74) is 36.4. The lowest BCUT2D eigenvalue weighted by Crippen LogP contribution is -2.61. The molecule has 1 aromatic carbocycles. The van der Waals surface area contributed by atoms with E-state index < -0.39 is 125 Å². The zero-order chi connectivity index (χ0) is 71.9. The molecule has 0 aliphatic heterocycles. The summed E-state index contributed by atoms with van der Waals surface area (Å²) in [5, 5.41) is 35.3. The molecule has 33 heteroatoms. The maximum atomic E-state index is 14.9. The van der Waals surface area contributed by atoms with Gasteiger partial charge < -0.3 is 102 Å². The van der Waals surface area contributed by atoms with Crippen molar-refractivity contribution < 1.29 is 53.1 Å². The minimum atomic E-state index is -1.48. The van der Waals surface area contributed by atoms with E-state index in [-0.39, 0.29) is 114 Å². The van der Waals surface area contributed by atoms with Gasteiger partial charge in [-0.2, -0.15) is 0 Å². The van der Waals surface area contributed by atoms with E-state index in [1.165, 1.54) is 25.0 Å². The third kappa shape index (κ3) is 28.3. The number of aromatic amines is 3. The Morgan fingerprint density at radius 2 is 0.856 bits per heavy atom. The Hall–Kier alpha value is -9.66. The molecule has 3 heterocycles. The van der Waals surface area contributed by atoms with Gasteiger partial charge in [0.15, 0.2) is 11.9 Å². The number of benzene rings is 1. The third-order valence-electron chi connectivity index (χ3n) is 15.7. The molecule has 4 aromatic rings. The van der Waals surface area contributed by atoms with Crippen molar-refractivity contribution in [2.75, 3.05) is 19.6 Å². The lowest BCUT2D eigenvalue weighted by Gasteiger charge is -2.29. The number of H-pyrrole nitrogens is 3. The number of unbranched alkanes of at least 4 members (excludes halogenated alkanes) is 1. The molecule has 3 aromatic heterocycles. The fourth-order valence-corrected chi connectivity index (χ4v) is 10.6. The maximum Gasteiger partial charge on any atom is 0.326 e. The number of nitrogens with one attached hydrogen (secondary N) is 12. The van der Waals surface area contributed by atoms with Gasteiger partial charge in [0.25, 0.3) is 0 Å². The summed E-state index contributed by atoms with van der Waals surface area (Å²) < 4.78 is 0. The highest BCUT2D eigenvalue weighted by molar-refractivity contribution is 5.99. The Bertz CT molecular complexity index is 3230. The van der Waals surface area contributed by atoms with E-state index in [0.717, 1.165) is 10.9 Å². The molecule has 10 atom stereocenters. The highest BCUT2D eigenvalue weighted by atomic mass is 16.4. The first kappa shape index (κ1) is 79.8. The average molecular weight is 1360 g/mol. The smallest absolute Gasteiger partial charge is 0.326 e. The van der Waals surface area contributed by atoms with Crippen molar-refractivity contribution in [3.8, 4) is 0 Å². The summed E-state index contributed by atoms with van der Waals surface area (Å²) in [6.07, 6.45) is 8.46. The molecule has 0 aliphatic rings. The van der Waals surface area contributed by atoms with E-state index in [1.54, 1.807) is 20.0 Å². The van der Waals surface area contributed by atoms with Crippen molar-refractivity contribution in [2.24, 2.45) is 68.1 Å². The summed E-state index contributed by atoms with van der Waals surface area (Å²) in [4.78, 5) is 167. The fourth-order valence-electron chi connectivity index (χ4n) is 10.6. The van der Waals surface area contributed by atoms with Crippen LogP contribution in [0.2, 0.25) is 0 Å². The Labute approximate surface area is 565 Å². The molecular weight excluding hydrogens is 1250 g/mol. The monoisotopic (exact) mass is 1360 g/mol. The van der Waals surface area contributed by atoms with Crippen molar-refractivity contribution >= 4 is 82.0 Å². The number of carboxylic acid groups (broad SMARTS) is 1. The molecule has 0 radical (unpaired) electrons. The molecule has 33 nitrogen and oxygen atoms in total. The van der Waals surface area contributed by atoms with Crippen LogP contribution in [0.5, 0.6) is 0 Å². The molecule has 0 spiro atoms. The van der Waals surface area contributed by atoms with Crippen molar-refractivity contribution in [1.82, 2.24) is 72.8 Å². The van der Waals surface area contributed by atoms with Crippen LogP contribution in [0, 0.1) is 23.7 Å². The van der Waals surface area contributed by atoms with E-state index in [0.29, 0.717) is 36.2 Å². The number of aromatic nitrogens is 5. The van der Waals surface area contributed by atoms with E-state index in [2.05, 4.69) is 82.8 Å². The van der Waals surface area contributed by atoms with Gasteiger partial charge >= 0.3 is 5.97 Å². The molecule has 0 fully saturated rings. The standard InChI is InChI=1S/C64H104N22O11/c1-34(2)23-46(80-53(87)42(66)16-13-21-73-63(67)68)56(90)83-49(26-38-29-75-43-17-10-9-15-41(38)43)58(92)82-47(24-35(3)4)57(91)85-51(28-40-31-72-33-77-40)60(94)79-45(19-14-22-74-64(69)70)55(89)84-50(27-39-30-71-32-76-39)59(93)78-44(18-11-12-20-65)54(88)81-48(25-36(5)6)61(95)86-52(37(7)8)62(96)97/h9-10,15,17,29-37,42,44-52,75H,11-14,16,18-28,65-66H2,1-8H3,(H,71,76)(H,72,77)(H,78,93)(H,79,94)(H,80,87)(H,81,88)(H,82,92)(H,83,90)(H,84,89)(H,85,91)(H,86,95)(H,96,97)(H4,67,68,73)(H4,69,70,74)/t42-,44-,45-,46-,47-,48-,49-,50-,51-,52-/m0/s1. The van der Waals surface area contributed by atoms with Gasteiger partial charge in [-0.1, -0.05) is 73.6 Å². The number of imidazole rings is 2. The van der Waals surface area contributed by atoms with Crippen LogP contribution >= 0.6 is 0 Å². The summed E-state index contributed by atoms with van der Waals surface area (Å²) >= 11 is 0. The number of nitrogens with zero attached hydrogens (tertiary/aromatic N) is 4. The Balaban J connectivity index is 1.69. The lowest BCUT2D eigenvalue weighted by molar-refractivity contribution is -0.143. The Kier molecular flexibility index (Phi) is 33.5. The van der Waals surface area contributed by atoms with E-state index >= 15 is 0 Å². The topological polar surface area (TPSA) is 553 Å². The molecule has 9 amide bonds. The van der Waals surface area contributed by atoms with Gasteiger partial charge in [-0.25, -0.2) is 14.8 Å². The molecule has 25 N–H and O–H groups in total. The highest BCUT2D eigenvalue weighted by Crippen LogP contribution is 2.21. The van der Waals surface area contributed by atoms with Gasteiger partial charge in [-0.15, -0.1) is 0 Å². The van der Waals surface area contributed by atoms with Gasteiger partial charge in [0.2, 0.25) is 53.2 Å². The van der Waals surface area contributed by atoms with E-state index in [4.69, 9.17) is 34.4 Å². The van der Waals surface area contributed by atoms with Crippen molar-refractivity contribution in [3.63, 3.8) is 0 Å². The molecule has 0 saturated heterocycles. The molecule has 536 valence electrons. The third-order valence-corrected chi connectivity index (χ3v) is 15.7. The number of nitrogens with two attached hydrogens (primary N) is 6. The number of carbonyl (C=O) groups excluding carboxylic acids is 9. The first-order chi connectivity index (χ1) is 46.0. The van der Waals surface area contributed by atoms with E-state index in [1.807, 2.05) is 65.8 Å².